The molecule has 0 aliphatic heterocycles. The van der Waals surface area contributed by atoms with Gasteiger partial charge >= 0.3 is 0 Å². The summed E-state index contributed by atoms with van der Waals surface area (Å²) in [7, 11) is -1.57. The van der Waals surface area contributed by atoms with Crippen molar-refractivity contribution < 1.29 is 31.9 Å². The molecule has 0 spiro atoms. The fourth-order valence-corrected chi connectivity index (χ4v) is 5.60. The van der Waals surface area contributed by atoms with Gasteiger partial charge in [-0.1, -0.05) is 43.7 Å². The van der Waals surface area contributed by atoms with Gasteiger partial charge in [0.25, 0.3) is 10.0 Å². The van der Waals surface area contributed by atoms with Crippen LogP contribution in [0.1, 0.15) is 31.9 Å². The molecule has 0 heterocycles. The molecule has 2 amide bonds. The van der Waals surface area contributed by atoms with Gasteiger partial charge in [0.2, 0.25) is 11.8 Å². The highest BCUT2D eigenvalue weighted by molar-refractivity contribution is 7.92. The number of carbonyl (C=O) groups excluding carboxylic acids is 2. The van der Waals surface area contributed by atoms with E-state index in [-0.39, 0.29) is 34.7 Å². The second-order valence-corrected chi connectivity index (χ2v) is 12.2. The summed E-state index contributed by atoms with van der Waals surface area (Å²) in [6.45, 7) is 7.31. The Balaban J connectivity index is 2.04. The van der Waals surface area contributed by atoms with Gasteiger partial charge in [-0.15, -0.1) is 0 Å². The van der Waals surface area contributed by atoms with Crippen molar-refractivity contribution in [3.8, 4) is 11.5 Å². The summed E-state index contributed by atoms with van der Waals surface area (Å²) in [4.78, 5) is 28.2. The molecular weight excluding hydrogens is 561 g/mol. The van der Waals surface area contributed by atoms with Crippen LogP contribution in [-0.4, -0.2) is 58.5 Å². The van der Waals surface area contributed by atoms with Gasteiger partial charge in [-0.25, -0.2) is 12.8 Å². The van der Waals surface area contributed by atoms with E-state index in [1.54, 1.807) is 6.92 Å². The van der Waals surface area contributed by atoms with E-state index in [9.17, 15) is 22.4 Å². The Morgan fingerprint density at radius 2 is 1.52 bits per heavy atom. The largest absolute Gasteiger partial charge is 0.493 e. The Labute approximate surface area is 247 Å². The van der Waals surface area contributed by atoms with Gasteiger partial charge in [0.1, 0.15) is 18.4 Å². The van der Waals surface area contributed by atoms with E-state index < -0.39 is 34.3 Å². The van der Waals surface area contributed by atoms with E-state index in [1.807, 2.05) is 45.0 Å². The van der Waals surface area contributed by atoms with E-state index in [0.717, 1.165) is 27.6 Å². The number of nitrogens with one attached hydrogen (secondary N) is 1. The molecule has 9 nitrogen and oxygen atoms in total. The highest BCUT2D eigenvalue weighted by atomic mass is 32.2. The number of rotatable bonds is 13. The zero-order valence-corrected chi connectivity index (χ0v) is 25.6. The third kappa shape index (κ3) is 8.00. The number of methoxy groups -OCH3 is 2. The van der Waals surface area contributed by atoms with E-state index in [2.05, 4.69) is 5.32 Å². The molecule has 226 valence electrons. The Bertz CT molecular complexity index is 1480. The molecule has 1 N–H and O–H groups in total. The predicted octanol–water partition coefficient (Wildman–Crippen LogP) is 4.54. The van der Waals surface area contributed by atoms with Crippen molar-refractivity contribution in [3.05, 3.63) is 83.7 Å². The predicted molar refractivity (Wildman–Crippen MR) is 160 cm³/mol. The minimum atomic E-state index is -4.37. The molecule has 0 aromatic heterocycles. The van der Waals surface area contributed by atoms with Crippen LogP contribution in [0.4, 0.5) is 10.1 Å². The topological polar surface area (TPSA) is 105 Å². The lowest BCUT2D eigenvalue weighted by atomic mass is 10.1. The molecule has 0 bridgehead atoms. The first kappa shape index (κ1) is 32.4. The van der Waals surface area contributed by atoms with Crippen molar-refractivity contribution in [1.29, 1.82) is 0 Å². The summed E-state index contributed by atoms with van der Waals surface area (Å²) < 4.78 is 53.3. The summed E-state index contributed by atoms with van der Waals surface area (Å²) >= 11 is 0. The number of amides is 2. The minimum absolute atomic E-state index is 0.0725. The Morgan fingerprint density at radius 1 is 0.905 bits per heavy atom. The van der Waals surface area contributed by atoms with E-state index in [0.29, 0.717) is 12.3 Å². The summed E-state index contributed by atoms with van der Waals surface area (Å²) in [6, 6.07) is 15.5. The quantitative estimate of drug-likeness (QED) is 0.310. The Kier molecular flexibility index (Phi) is 10.9. The molecular formula is C31H38FN3O6S. The second kappa shape index (κ2) is 14.2. The summed E-state index contributed by atoms with van der Waals surface area (Å²) in [6.07, 6.45) is 0. The minimum Gasteiger partial charge on any atom is -0.493 e. The maximum atomic E-state index is 14.0. The number of hydrogen-bond donors (Lipinski definition) is 1. The van der Waals surface area contributed by atoms with Gasteiger partial charge in [-0.05, 0) is 61.7 Å². The summed E-state index contributed by atoms with van der Waals surface area (Å²) in [5.41, 5.74) is 1.88. The standard InChI is InChI=1S/C31H38FN3O6S/c1-21(2)18-33-31(37)23(4)34(19-24-9-7-22(3)8-10-24)30(36)20-35(26-13-11-25(32)12-14-26)42(38,39)27-15-16-28(40-5)29(17-27)41-6/h7-17,21,23H,18-20H2,1-6H3,(H,33,37). The molecule has 1 unspecified atom stereocenters. The number of sulfonamides is 1. The fraction of sp³-hybridized carbons (Fsp3) is 0.355. The lowest BCUT2D eigenvalue weighted by molar-refractivity contribution is -0.139. The molecule has 0 saturated carbocycles. The highest BCUT2D eigenvalue weighted by Gasteiger charge is 2.33. The van der Waals surface area contributed by atoms with Gasteiger partial charge in [0, 0.05) is 19.2 Å². The van der Waals surface area contributed by atoms with Crippen LogP contribution < -0.4 is 19.1 Å². The maximum Gasteiger partial charge on any atom is 0.264 e. The Hall–Kier alpha value is -4.12. The van der Waals surface area contributed by atoms with Crippen molar-refractivity contribution in [2.75, 3.05) is 31.6 Å². The molecule has 3 aromatic carbocycles. The zero-order chi connectivity index (χ0) is 31.0. The van der Waals surface area contributed by atoms with Crippen LogP contribution in [0.5, 0.6) is 11.5 Å². The average Bonchev–Trinajstić information content (AvgIpc) is 2.97. The lowest BCUT2D eigenvalue weighted by Crippen LogP contribution is -2.51. The first-order chi connectivity index (χ1) is 19.9. The van der Waals surface area contributed by atoms with Crippen molar-refractivity contribution >= 4 is 27.5 Å². The number of carbonyl (C=O) groups is 2. The van der Waals surface area contributed by atoms with Gasteiger partial charge in [-0.3, -0.25) is 13.9 Å². The van der Waals surface area contributed by atoms with Crippen molar-refractivity contribution in [3.63, 3.8) is 0 Å². The number of hydrogen-bond acceptors (Lipinski definition) is 6. The number of anilines is 1. The van der Waals surface area contributed by atoms with Crippen LogP contribution in [0, 0.1) is 18.7 Å². The smallest absolute Gasteiger partial charge is 0.264 e. The molecule has 1 atom stereocenters. The molecule has 0 aliphatic rings. The number of benzene rings is 3. The van der Waals surface area contributed by atoms with Crippen LogP contribution in [0.15, 0.2) is 71.6 Å². The SMILES string of the molecule is COc1ccc(S(=O)(=O)N(CC(=O)N(Cc2ccc(C)cc2)C(C)C(=O)NCC(C)C)c2ccc(F)cc2)cc1OC. The molecule has 3 rings (SSSR count). The van der Waals surface area contributed by atoms with Crippen molar-refractivity contribution in [2.24, 2.45) is 5.92 Å². The normalized spacial score (nSPS) is 12.0. The van der Waals surface area contributed by atoms with Crippen LogP contribution in [0.2, 0.25) is 0 Å². The molecule has 42 heavy (non-hydrogen) atoms. The van der Waals surface area contributed by atoms with Crippen LogP contribution in [0.25, 0.3) is 0 Å². The average molecular weight is 600 g/mol. The van der Waals surface area contributed by atoms with Gasteiger partial charge < -0.3 is 19.7 Å². The van der Waals surface area contributed by atoms with E-state index >= 15 is 0 Å². The molecule has 0 aliphatic carbocycles. The zero-order valence-electron chi connectivity index (χ0n) is 24.8. The number of aryl methyl sites for hydroxylation is 1. The van der Waals surface area contributed by atoms with E-state index in [1.165, 1.54) is 49.5 Å². The molecule has 3 aromatic rings. The van der Waals surface area contributed by atoms with E-state index in [4.69, 9.17) is 9.47 Å². The Morgan fingerprint density at radius 3 is 2.10 bits per heavy atom. The number of ether oxygens (including phenoxy) is 2. The first-order valence-electron chi connectivity index (χ1n) is 13.5. The molecule has 0 radical (unpaired) electrons. The molecule has 11 heteroatoms. The summed E-state index contributed by atoms with van der Waals surface area (Å²) in [5.74, 6) is -0.837. The van der Waals surface area contributed by atoms with Gasteiger partial charge in [0.05, 0.1) is 24.8 Å². The van der Waals surface area contributed by atoms with Crippen LogP contribution >= 0.6 is 0 Å². The maximum absolute atomic E-state index is 14.0. The molecule has 0 fully saturated rings. The van der Waals surface area contributed by atoms with Crippen LogP contribution in [-0.2, 0) is 26.2 Å². The third-order valence-corrected chi connectivity index (χ3v) is 8.43. The van der Waals surface area contributed by atoms with Crippen LogP contribution in [0.3, 0.4) is 0 Å². The monoisotopic (exact) mass is 599 g/mol. The van der Waals surface area contributed by atoms with Gasteiger partial charge in [0.15, 0.2) is 11.5 Å². The second-order valence-electron chi connectivity index (χ2n) is 10.3. The summed E-state index contributed by atoms with van der Waals surface area (Å²) in [5, 5.41) is 2.85. The first-order valence-corrected chi connectivity index (χ1v) is 14.9. The fourth-order valence-electron chi connectivity index (χ4n) is 4.17. The van der Waals surface area contributed by atoms with Crippen molar-refractivity contribution in [2.45, 2.75) is 45.2 Å². The number of nitrogens with zero attached hydrogens (tertiary/aromatic N) is 2. The molecule has 0 saturated heterocycles. The highest BCUT2D eigenvalue weighted by Crippen LogP contribution is 2.32. The van der Waals surface area contributed by atoms with Crippen molar-refractivity contribution in [1.82, 2.24) is 10.2 Å². The lowest BCUT2D eigenvalue weighted by Gasteiger charge is -2.32. The number of halogens is 1. The van der Waals surface area contributed by atoms with Gasteiger partial charge in [-0.2, -0.15) is 0 Å². The third-order valence-electron chi connectivity index (χ3n) is 6.66.